The van der Waals surface area contributed by atoms with Crippen LogP contribution in [0.5, 0.6) is 0 Å². The van der Waals surface area contributed by atoms with Gasteiger partial charge in [-0.05, 0) is 27.7 Å². The zero-order valence-electron chi connectivity index (χ0n) is 13.1. The van der Waals surface area contributed by atoms with Gasteiger partial charge >= 0.3 is 0 Å². The minimum atomic E-state index is 0. The third-order valence-corrected chi connectivity index (χ3v) is 2.90. The van der Waals surface area contributed by atoms with Gasteiger partial charge < -0.3 is 19.7 Å². The Morgan fingerprint density at radius 3 is 2.45 bits per heavy atom. The molecule has 0 aliphatic carbocycles. The number of aliphatic imine (C=N–C) groups is 1. The maximum Gasteiger partial charge on any atom is 0.246 e. The lowest BCUT2D eigenvalue weighted by molar-refractivity contribution is 0.371. The molecule has 2 N–H and O–H groups in total. The zero-order chi connectivity index (χ0) is 15.2. The first-order chi connectivity index (χ1) is 10.1. The fourth-order valence-electron chi connectivity index (χ4n) is 1.80. The maximum absolute atomic E-state index is 5.13. The molecule has 0 amide bonds. The van der Waals surface area contributed by atoms with Gasteiger partial charge in [0.05, 0.1) is 18.8 Å². The van der Waals surface area contributed by atoms with Gasteiger partial charge in [-0.15, -0.1) is 24.0 Å². The minimum absolute atomic E-state index is 0. The first-order valence-corrected chi connectivity index (χ1v) is 6.83. The monoisotopic (exact) mass is 420 g/mol. The van der Waals surface area contributed by atoms with E-state index in [9.17, 15) is 0 Å². The van der Waals surface area contributed by atoms with Crippen molar-refractivity contribution in [3.63, 3.8) is 0 Å². The molecule has 0 bridgehead atoms. The van der Waals surface area contributed by atoms with Crippen LogP contribution in [0.3, 0.4) is 0 Å². The number of nitrogens with zero attached hydrogens (tertiary/aromatic N) is 4. The van der Waals surface area contributed by atoms with E-state index in [1.165, 1.54) is 0 Å². The molecule has 0 aliphatic heterocycles. The van der Waals surface area contributed by atoms with Gasteiger partial charge in [-0.1, -0.05) is 10.3 Å². The van der Waals surface area contributed by atoms with E-state index in [0.717, 1.165) is 23.6 Å². The number of rotatable bonds is 5. The Morgan fingerprint density at radius 2 is 1.91 bits per heavy atom. The molecular formula is C13H21IN6O2. The van der Waals surface area contributed by atoms with Crippen LogP contribution in [0.25, 0.3) is 0 Å². The Hall–Kier alpha value is -1.65. The van der Waals surface area contributed by atoms with E-state index in [1.54, 1.807) is 6.92 Å². The molecule has 22 heavy (non-hydrogen) atoms. The Morgan fingerprint density at radius 1 is 1.14 bits per heavy atom. The van der Waals surface area contributed by atoms with E-state index in [4.69, 9.17) is 9.05 Å². The third-order valence-electron chi connectivity index (χ3n) is 2.90. The van der Waals surface area contributed by atoms with Gasteiger partial charge in [0.15, 0.2) is 11.8 Å². The predicted octanol–water partition coefficient (Wildman–Crippen LogP) is 1.86. The predicted molar refractivity (Wildman–Crippen MR) is 92.1 cm³/mol. The van der Waals surface area contributed by atoms with Crippen molar-refractivity contribution in [2.75, 3.05) is 6.54 Å². The molecule has 0 atom stereocenters. The largest absolute Gasteiger partial charge is 0.361 e. The van der Waals surface area contributed by atoms with Crippen LogP contribution in [0.15, 0.2) is 14.0 Å². The van der Waals surface area contributed by atoms with E-state index in [-0.39, 0.29) is 24.0 Å². The van der Waals surface area contributed by atoms with E-state index in [0.29, 0.717) is 30.8 Å². The lowest BCUT2D eigenvalue weighted by atomic mass is 10.2. The van der Waals surface area contributed by atoms with Crippen LogP contribution in [0.4, 0.5) is 0 Å². The molecule has 0 unspecified atom stereocenters. The summed E-state index contributed by atoms with van der Waals surface area (Å²) in [6.45, 7) is 9.26. The highest BCUT2D eigenvalue weighted by Crippen LogP contribution is 2.12. The quantitative estimate of drug-likeness (QED) is 0.433. The van der Waals surface area contributed by atoms with Gasteiger partial charge in [-0.2, -0.15) is 4.98 Å². The molecule has 0 aliphatic rings. The van der Waals surface area contributed by atoms with E-state index in [2.05, 4.69) is 30.9 Å². The summed E-state index contributed by atoms with van der Waals surface area (Å²) in [5.41, 5.74) is 1.86. The van der Waals surface area contributed by atoms with Gasteiger partial charge in [0.2, 0.25) is 5.89 Å². The molecule has 9 heteroatoms. The molecule has 2 aromatic rings. The second kappa shape index (κ2) is 8.71. The number of hydrogen-bond donors (Lipinski definition) is 2. The van der Waals surface area contributed by atoms with Crippen molar-refractivity contribution in [2.24, 2.45) is 4.99 Å². The summed E-state index contributed by atoms with van der Waals surface area (Å²) in [5.74, 6) is 2.60. The van der Waals surface area contributed by atoms with Crippen molar-refractivity contribution in [1.29, 1.82) is 0 Å². The highest BCUT2D eigenvalue weighted by atomic mass is 127. The van der Waals surface area contributed by atoms with Crippen LogP contribution >= 0.6 is 24.0 Å². The van der Waals surface area contributed by atoms with Crippen LogP contribution in [-0.4, -0.2) is 27.8 Å². The van der Waals surface area contributed by atoms with Crippen LogP contribution in [0, 0.1) is 20.8 Å². The number of halogens is 1. The van der Waals surface area contributed by atoms with E-state index < -0.39 is 0 Å². The van der Waals surface area contributed by atoms with E-state index in [1.807, 2.05) is 20.8 Å². The molecule has 8 nitrogen and oxygen atoms in total. The van der Waals surface area contributed by atoms with Gasteiger partial charge in [-0.25, -0.2) is 4.99 Å². The fourth-order valence-corrected chi connectivity index (χ4v) is 1.80. The maximum atomic E-state index is 5.13. The molecule has 0 spiro atoms. The highest BCUT2D eigenvalue weighted by molar-refractivity contribution is 14.0. The Bertz CT molecular complexity index is 602. The highest BCUT2D eigenvalue weighted by Gasteiger charge is 2.09. The summed E-state index contributed by atoms with van der Waals surface area (Å²) in [5, 5.41) is 14.0. The summed E-state index contributed by atoms with van der Waals surface area (Å²) in [6.07, 6.45) is 0. The summed E-state index contributed by atoms with van der Waals surface area (Å²) in [6, 6.07) is 0. The molecule has 0 radical (unpaired) electrons. The second-order valence-electron chi connectivity index (χ2n) is 4.59. The molecule has 2 rings (SSSR count). The number of aryl methyl sites for hydroxylation is 3. The van der Waals surface area contributed by atoms with Crippen molar-refractivity contribution in [1.82, 2.24) is 25.9 Å². The van der Waals surface area contributed by atoms with Crippen LogP contribution in [-0.2, 0) is 13.1 Å². The van der Waals surface area contributed by atoms with Crippen molar-refractivity contribution in [3.05, 3.63) is 28.7 Å². The first kappa shape index (κ1) is 18.4. The summed E-state index contributed by atoms with van der Waals surface area (Å²) in [4.78, 5) is 8.64. The minimum Gasteiger partial charge on any atom is -0.361 e. The smallest absolute Gasteiger partial charge is 0.246 e. The summed E-state index contributed by atoms with van der Waals surface area (Å²) < 4.78 is 10.2. The van der Waals surface area contributed by atoms with E-state index >= 15 is 0 Å². The second-order valence-corrected chi connectivity index (χ2v) is 4.59. The van der Waals surface area contributed by atoms with Crippen molar-refractivity contribution in [3.8, 4) is 0 Å². The average Bonchev–Trinajstić information content (AvgIpc) is 3.00. The lowest BCUT2D eigenvalue weighted by Crippen LogP contribution is -2.36. The van der Waals surface area contributed by atoms with Gasteiger partial charge in [0.1, 0.15) is 5.76 Å². The number of guanidine groups is 1. The van der Waals surface area contributed by atoms with Gasteiger partial charge in [0.25, 0.3) is 0 Å². The zero-order valence-corrected chi connectivity index (χ0v) is 15.5. The lowest BCUT2D eigenvalue weighted by Gasteiger charge is -2.09. The standard InChI is InChI=1S/C13H20N6O2.HI/c1-5-14-13(16-7-12-17-10(4)19-21-12)15-6-11-8(2)18-20-9(11)3;/h5-7H2,1-4H3,(H2,14,15,16);1H. The Balaban J connectivity index is 0.00000242. The molecule has 2 aromatic heterocycles. The van der Waals surface area contributed by atoms with Crippen LogP contribution in [0.1, 0.15) is 35.7 Å². The number of aromatic nitrogens is 3. The average molecular weight is 420 g/mol. The molecule has 0 aromatic carbocycles. The van der Waals surface area contributed by atoms with Gasteiger partial charge in [0, 0.05) is 12.1 Å². The van der Waals surface area contributed by atoms with Crippen molar-refractivity contribution in [2.45, 2.75) is 40.8 Å². The number of nitrogens with one attached hydrogen (secondary N) is 2. The third kappa shape index (κ3) is 4.97. The topological polar surface area (TPSA) is 101 Å². The fraction of sp³-hybridized carbons (Fsp3) is 0.538. The molecule has 0 saturated heterocycles. The van der Waals surface area contributed by atoms with Crippen molar-refractivity contribution < 1.29 is 9.05 Å². The van der Waals surface area contributed by atoms with Crippen molar-refractivity contribution >= 4 is 29.9 Å². The number of hydrogen-bond acceptors (Lipinski definition) is 6. The van der Waals surface area contributed by atoms with Crippen LogP contribution in [0.2, 0.25) is 0 Å². The normalized spacial score (nSPS) is 11.2. The Kier molecular flexibility index (Phi) is 7.28. The molecule has 0 fully saturated rings. The Labute approximate surface area is 146 Å². The van der Waals surface area contributed by atoms with Crippen LogP contribution < -0.4 is 10.6 Å². The molecule has 0 saturated carbocycles. The first-order valence-electron chi connectivity index (χ1n) is 6.83. The van der Waals surface area contributed by atoms with Gasteiger partial charge in [-0.3, -0.25) is 0 Å². The SMILES string of the molecule is CCNC(=NCc1c(C)noc1C)NCc1nc(C)no1.I. The summed E-state index contributed by atoms with van der Waals surface area (Å²) >= 11 is 0. The summed E-state index contributed by atoms with van der Waals surface area (Å²) in [7, 11) is 0. The molecular weight excluding hydrogens is 399 g/mol. The molecule has 122 valence electrons. The molecule has 2 heterocycles.